The average Bonchev–Trinajstić information content (AvgIpc) is 3.78. The summed E-state index contributed by atoms with van der Waals surface area (Å²) >= 11 is 0. The van der Waals surface area contributed by atoms with Crippen LogP contribution in [0.2, 0.25) is 0 Å². The lowest BCUT2D eigenvalue weighted by Crippen LogP contribution is -2.60. The standard InChI is InChI=1S/C27H35F2N7O4/c28-27(29)15-36(26(39)24(34-40)18-5-6-18)10-8-22(27)33-23-11-21(31-16-32-23)25(38)30-12-20(37)14-35-9-7-17-3-1-2-4-19(17)13-35/h1-4,11,18,20,22,32-33,37,40H,5-10,12-16H2,(H,30,38)/b34-24-/t20-,22?/m0/s1. The van der Waals surface area contributed by atoms with Gasteiger partial charge in [0.15, 0.2) is 0 Å². The van der Waals surface area contributed by atoms with Crippen molar-refractivity contribution in [2.45, 2.75) is 50.3 Å². The summed E-state index contributed by atoms with van der Waals surface area (Å²) in [6.45, 7) is 1.31. The van der Waals surface area contributed by atoms with E-state index < -0.39 is 36.4 Å². The van der Waals surface area contributed by atoms with Crippen molar-refractivity contribution in [2.24, 2.45) is 16.1 Å². The van der Waals surface area contributed by atoms with Gasteiger partial charge in [-0.15, -0.1) is 0 Å². The van der Waals surface area contributed by atoms with Gasteiger partial charge in [0.1, 0.15) is 23.9 Å². The van der Waals surface area contributed by atoms with Crippen LogP contribution in [0.3, 0.4) is 0 Å². The second-order valence-corrected chi connectivity index (χ2v) is 10.8. The Labute approximate surface area is 231 Å². The summed E-state index contributed by atoms with van der Waals surface area (Å²) in [5.74, 6) is -4.35. The number of halogens is 2. The summed E-state index contributed by atoms with van der Waals surface area (Å²) in [6.07, 6.45) is 2.89. The molecule has 1 saturated heterocycles. The highest BCUT2D eigenvalue weighted by Crippen LogP contribution is 2.33. The van der Waals surface area contributed by atoms with Crippen LogP contribution in [0.4, 0.5) is 8.78 Å². The van der Waals surface area contributed by atoms with E-state index in [4.69, 9.17) is 5.21 Å². The zero-order valence-corrected chi connectivity index (χ0v) is 22.2. The maximum atomic E-state index is 15.0. The summed E-state index contributed by atoms with van der Waals surface area (Å²) in [6, 6.07) is 6.95. The minimum Gasteiger partial charge on any atom is -0.410 e. The van der Waals surface area contributed by atoms with Crippen molar-refractivity contribution in [3.05, 3.63) is 47.3 Å². The van der Waals surface area contributed by atoms with Crippen molar-refractivity contribution in [3.8, 4) is 0 Å². The molecule has 2 fully saturated rings. The number of aliphatic imine (C=N–C) groups is 1. The number of piperidine rings is 1. The fourth-order valence-electron chi connectivity index (χ4n) is 5.34. The predicted octanol–water partition coefficient (Wildman–Crippen LogP) is 0.431. The summed E-state index contributed by atoms with van der Waals surface area (Å²) in [4.78, 5) is 32.6. The van der Waals surface area contributed by atoms with Gasteiger partial charge in [0.05, 0.1) is 18.7 Å². The fraction of sp³-hybridized carbons (Fsp3) is 0.556. The number of carbonyl (C=O) groups is 2. The van der Waals surface area contributed by atoms with Crippen molar-refractivity contribution < 1.29 is 28.7 Å². The molecule has 5 rings (SSSR count). The molecular formula is C27H35F2N7O4. The molecule has 0 spiro atoms. The number of β-amino-alcohol motifs (C(OH)–C–C–N with tert-alkyl or cyclic N) is 1. The quantitative estimate of drug-likeness (QED) is 0.168. The number of hydrogen-bond donors (Lipinski definition) is 5. The number of nitrogens with zero attached hydrogens (tertiary/aromatic N) is 4. The van der Waals surface area contributed by atoms with Crippen LogP contribution in [0.5, 0.6) is 0 Å². The van der Waals surface area contributed by atoms with Gasteiger partial charge in [-0.05, 0) is 36.8 Å². The topological polar surface area (TPSA) is 142 Å². The number of amides is 2. The second kappa shape index (κ2) is 11.9. The minimum absolute atomic E-state index is 0.0257. The minimum atomic E-state index is -3.25. The van der Waals surface area contributed by atoms with E-state index in [1.807, 2.05) is 12.1 Å². The van der Waals surface area contributed by atoms with Crippen LogP contribution in [0.15, 0.2) is 46.3 Å². The largest absolute Gasteiger partial charge is 0.410 e. The Balaban J connectivity index is 1.10. The van der Waals surface area contributed by atoms with Gasteiger partial charge in [0.2, 0.25) is 0 Å². The molecule has 1 unspecified atom stereocenters. The zero-order chi connectivity index (χ0) is 28.3. The van der Waals surface area contributed by atoms with Crippen molar-refractivity contribution in [1.82, 2.24) is 25.8 Å². The number of fused-ring (bicyclic) bond motifs is 1. The predicted molar refractivity (Wildman–Crippen MR) is 143 cm³/mol. The Bertz CT molecular complexity index is 1220. The van der Waals surface area contributed by atoms with Crippen molar-refractivity contribution >= 4 is 23.2 Å². The summed E-state index contributed by atoms with van der Waals surface area (Å²) < 4.78 is 30.0. The smallest absolute Gasteiger partial charge is 0.285 e. The van der Waals surface area contributed by atoms with E-state index in [1.165, 1.54) is 17.2 Å². The Hall–Kier alpha value is -3.58. The monoisotopic (exact) mass is 559 g/mol. The number of hydrogen-bond acceptors (Lipinski definition) is 9. The molecule has 1 saturated carbocycles. The third-order valence-electron chi connectivity index (χ3n) is 7.72. The lowest BCUT2D eigenvalue weighted by molar-refractivity contribution is -0.138. The maximum Gasteiger partial charge on any atom is 0.285 e. The fourth-order valence-corrected chi connectivity index (χ4v) is 5.34. The highest BCUT2D eigenvalue weighted by atomic mass is 19.3. The Morgan fingerprint density at radius 3 is 2.70 bits per heavy atom. The average molecular weight is 560 g/mol. The van der Waals surface area contributed by atoms with Gasteiger partial charge in [-0.3, -0.25) is 19.5 Å². The van der Waals surface area contributed by atoms with Crippen LogP contribution in [-0.2, 0) is 22.6 Å². The molecule has 1 aromatic carbocycles. The van der Waals surface area contributed by atoms with Gasteiger partial charge >= 0.3 is 0 Å². The molecule has 40 heavy (non-hydrogen) atoms. The van der Waals surface area contributed by atoms with Gasteiger partial charge in [-0.1, -0.05) is 29.4 Å². The van der Waals surface area contributed by atoms with Crippen LogP contribution >= 0.6 is 0 Å². The van der Waals surface area contributed by atoms with E-state index in [0.29, 0.717) is 19.4 Å². The van der Waals surface area contributed by atoms with Gasteiger partial charge in [0.25, 0.3) is 17.7 Å². The molecule has 5 N–H and O–H groups in total. The Kier molecular flexibility index (Phi) is 8.31. The molecule has 0 aromatic heterocycles. The van der Waals surface area contributed by atoms with Crippen molar-refractivity contribution in [1.29, 1.82) is 0 Å². The highest BCUT2D eigenvalue weighted by molar-refractivity contribution is 6.43. The molecule has 216 valence electrons. The molecule has 2 amide bonds. The Morgan fingerprint density at radius 1 is 1.20 bits per heavy atom. The molecule has 1 aromatic rings. The second-order valence-electron chi connectivity index (χ2n) is 10.8. The van der Waals surface area contributed by atoms with Gasteiger partial charge in [-0.2, -0.15) is 0 Å². The van der Waals surface area contributed by atoms with E-state index in [1.54, 1.807) is 0 Å². The van der Waals surface area contributed by atoms with Crippen LogP contribution < -0.4 is 16.0 Å². The normalized spacial score (nSPS) is 23.7. The van der Waals surface area contributed by atoms with Crippen molar-refractivity contribution in [2.75, 3.05) is 39.4 Å². The molecule has 1 aliphatic carbocycles. The van der Waals surface area contributed by atoms with E-state index in [9.17, 15) is 14.7 Å². The number of aliphatic hydroxyl groups is 1. The maximum absolute atomic E-state index is 15.0. The number of nitrogens with one attached hydrogen (secondary N) is 3. The summed E-state index contributed by atoms with van der Waals surface area (Å²) in [7, 11) is 0. The molecule has 0 bridgehead atoms. The van der Waals surface area contributed by atoms with Crippen LogP contribution in [0, 0.1) is 5.92 Å². The molecule has 13 heteroatoms. The molecule has 3 aliphatic heterocycles. The number of likely N-dealkylation sites (tertiary alicyclic amines) is 1. The van der Waals surface area contributed by atoms with Crippen molar-refractivity contribution in [3.63, 3.8) is 0 Å². The summed E-state index contributed by atoms with van der Waals surface area (Å²) in [5, 5.41) is 31.0. The highest BCUT2D eigenvalue weighted by Gasteiger charge is 2.48. The molecule has 0 radical (unpaired) electrons. The van der Waals surface area contributed by atoms with Gasteiger partial charge < -0.3 is 31.2 Å². The number of benzene rings is 1. The molecular weight excluding hydrogens is 524 g/mol. The molecule has 11 nitrogen and oxygen atoms in total. The van der Waals surface area contributed by atoms with E-state index >= 15 is 8.78 Å². The molecule has 2 atom stereocenters. The lowest BCUT2D eigenvalue weighted by atomic mass is 9.99. The van der Waals surface area contributed by atoms with E-state index in [0.717, 1.165) is 24.4 Å². The number of alkyl halides is 2. The molecule has 3 heterocycles. The van der Waals surface area contributed by atoms with Crippen LogP contribution in [0.25, 0.3) is 0 Å². The first-order valence-corrected chi connectivity index (χ1v) is 13.6. The number of carbonyl (C=O) groups excluding carboxylic acids is 2. The third-order valence-corrected chi connectivity index (χ3v) is 7.72. The lowest BCUT2D eigenvalue weighted by Gasteiger charge is -2.39. The first-order valence-electron chi connectivity index (χ1n) is 13.6. The summed E-state index contributed by atoms with van der Waals surface area (Å²) in [5.41, 5.74) is 2.56. The number of oxime groups is 1. The van der Waals surface area contributed by atoms with Crippen LogP contribution in [-0.4, -0.2) is 101 Å². The molecule has 4 aliphatic rings. The first kappa shape index (κ1) is 28.0. The van der Waals surface area contributed by atoms with E-state index in [2.05, 4.69) is 43.1 Å². The first-order chi connectivity index (χ1) is 19.2. The third kappa shape index (κ3) is 6.58. The van der Waals surface area contributed by atoms with Crippen LogP contribution in [0.1, 0.15) is 30.4 Å². The zero-order valence-electron chi connectivity index (χ0n) is 22.2. The number of rotatable bonds is 9. The number of aliphatic hydroxyl groups excluding tert-OH is 1. The van der Waals surface area contributed by atoms with Gasteiger partial charge in [-0.25, -0.2) is 8.78 Å². The SMILES string of the molecule is O=C(NC[C@H](O)CN1CCc2ccccc2C1)C1=NCNC(NC2CCN(C(=O)/C(=N\O)C3CC3)CC2(F)F)=C1. The Morgan fingerprint density at radius 2 is 1.98 bits per heavy atom. The van der Waals surface area contributed by atoms with E-state index in [-0.39, 0.29) is 49.3 Å². The van der Waals surface area contributed by atoms with Gasteiger partial charge in [0, 0.05) is 44.7 Å².